The lowest BCUT2D eigenvalue weighted by Crippen LogP contribution is -2.00. The zero-order valence-electron chi connectivity index (χ0n) is 15.4. The molecule has 0 bridgehead atoms. The molecule has 0 aliphatic heterocycles. The van der Waals surface area contributed by atoms with Gasteiger partial charge in [-0.2, -0.15) is 0 Å². The van der Waals surface area contributed by atoms with Gasteiger partial charge in [0.2, 0.25) is 0 Å². The number of ether oxygens (including phenoxy) is 1. The van der Waals surface area contributed by atoms with Crippen LogP contribution in [0, 0.1) is 18.8 Å². The number of methoxy groups -OCH3 is 1. The van der Waals surface area contributed by atoms with Crippen LogP contribution in [-0.4, -0.2) is 13.1 Å². The van der Waals surface area contributed by atoms with E-state index in [1.165, 1.54) is 23.8 Å². The van der Waals surface area contributed by atoms with Gasteiger partial charge in [-0.3, -0.25) is 0 Å². The fraction of sp³-hybridized carbons (Fsp3) is 0.0800. The van der Waals surface area contributed by atoms with Gasteiger partial charge in [-0.15, -0.1) is 0 Å². The Hall–Kier alpha value is -3.57. The smallest absolute Gasteiger partial charge is 0.337 e. The number of hydrogen-bond acceptors (Lipinski definition) is 2. The van der Waals surface area contributed by atoms with E-state index in [2.05, 4.69) is 49.1 Å². The summed E-state index contributed by atoms with van der Waals surface area (Å²) < 4.78 is 4.69. The van der Waals surface area contributed by atoms with E-state index in [9.17, 15) is 4.79 Å². The Bertz CT molecular complexity index is 1030. The van der Waals surface area contributed by atoms with E-state index < -0.39 is 0 Å². The molecule has 0 N–H and O–H groups in total. The lowest BCUT2D eigenvalue weighted by molar-refractivity contribution is 0.0600. The van der Waals surface area contributed by atoms with Crippen molar-refractivity contribution < 1.29 is 9.53 Å². The van der Waals surface area contributed by atoms with Crippen LogP contribution in [0.2, 0.25) is 0 Å². The summed E-state index contributed by atoms with van der Waals surface area (Å²) in [6.45, 7) is 2.12. The number of esters is 1. The molecule has 132 valence electrons. The minimum absolute atomic E-state index is 0.345. The SMILES string of the molecule is COC(=O)c1ccc(C#CC=Cc2ccccc2-c2ccccc2C)cc1. The van der Waals surface area contributed by atoms with Crippen LogP contribution >= 0.6 is 0 Å². The zero-order valence-corrected chi connectivity index (χ0v) is 15.4. The minimum Gasteiger partial charge on any atom is -0.465 e. The van der Waals surface area contributed by atoms with Crippen LogP contribution in [0.4, 0.5) is 0 Å². The maximum Gasteiger partial charge on any atom is 0.337 e. The third-order valence-corrected chi connectivity index (χ3v) is 4.26. The molecule has 0 saturated carbocycles. The molecular weight excluding hydrogens is 332 g/mol. The van der Waals surface area contributed by atoms with Crippen LogP contribution in [0.15, 0.2) is 78.9 Å². The maximum absolute atomic E-state index is 11.4. The van der Waals surface area contributed by atoms with Gasteiger partial charge in [0.05, 0.1) is 12.7 Å². The molecule has 0 heterocycles. The molecule has 0 spiro atoms. The molecule has 3 aromatic rings. The molecular formula is C25H20O2. The van der Waals surface area contributed by atoms with Crippen LogP contribution in [0.3, 0.4) is 0 Å². The van der Waals surface area contributed by atoms with Gasteiger partial charge in [0.1, 0.15) is 0 Å². The predicted octanol–water partition coefficient (Wildman–Crippen LogP) is 5.51. The normalized spacial score (nSPS) is 10.3. The molecule has 2 heteroatoms. The average Bonchev–Trinajstić information content (AvgIpc) is 2.72. The highest BCUT2D eigenvalue weighted by Gasteiger charge is 2.04. The first kappa shape index (κ1) is 18.2. The molecule has 0 atom stereocenters. The summed E-state index contributed by atoms with van der Waals surface area (Å²) in [5, 5.41) is 0. The average molecular weight is 352 g/mol. The van der Waals surface area contributed by atoms with E-state index in [-0.39, 0.29) is 5.97 Å². The van der Waals surface area contributed by atoms with E-state index in [0.29, 0.717) is 5.56 Å². The quantitative estimate of drug-likeness (QED) is 0.459. The molecule has 3 aromatic carbocycles. The van der Waals surface area contributed by atoms with Gasteiger partial charge in [-0.1, -0.05) is 60.4 Å². The van der Waals surface area contributed by atoms with Gasteiger partial charge in [-0.25, -0.2) is 4.79 Å². The first-order chi connectivity index (χ1) is 13.2. The second-order valence-electron chi connectivity index (χ2n) is 6.07. The Balaban J connectivity index is 1.80. The van der Waals surface area contributed by atoms with Crippen molar-refractivity contribution in [2.24, 2.45) is 0 Å². The third kappa shape index (κ3) is 4.54. The van der Waals surface area contributed by atoms with Gasteiger partial charge in [0, 0.05) is 5.56 Å². The number of carbonyl (C=O) groups excluding carboxylic acids is 1. The van der Waals surface area contributed by atoms with Gasteiger partial charge >= 0.3 is 5.97 Å². The van der Waals surface area contributed by atoms with Crippen molar-refractivity contribution in [3.63, 3.8) is 0 Å². The van der Waals surface area contributed by atoms with E-state index in [0.717, 1.165) is 11.1 Å². The van der Waals surface area contributed by atoms with Crippen molar-refractivity contribution in [2.75, 3.05) is 7.11 Å². The van der Waals surface area contributed by atoms with Crippen molar-refractivity contribution in [1.29, 1.82) is 0 Å². The summed E-state index contributed by atoms with van der Waals surface area (Å²) in [6.07, 6.45) is 3.88. The Kier molecular flexibility index (Phi) is 5.87. The summed E-state index contributed by atoms with van der Waals surface area (Å²) in [5.41, 5.74) is 6.16. The van der Waals surface area contributed by atoms with Crippen molar-refractivity contribution in [2.45, 2.75) is 6.92 Å². The standard InChI is InChI=1S/C25H20O2/c1-19-9-3-7-13-23(19)24-14-8-6-12-21(24)11-5-4-10-20-15-17-22(18-16-20)25(26)27-2/h3,5-9,11-18H,1-2H3. The molecule has 0 aliphatic rings. The lowest BCUT2D eigenvalue weighted by Gasteiger charge is -2.08. The number of carbonyl (C=O) groups is 1. The largest absolute Gasteiger partial charge is 0.465 e. The first-order valence-electron chi connectivity index (χ1n) is 8.70. The van der Waals surface area contributed by atoms with Crippen LogP contribution in [0.5, 0.6) is 0 Å². The van der Waals surface area contributed by atoms with Crippen LogP contribution < -0.4 is 0 Å². The monoisotopic (exact) mass is 352 g/mol. The molecule has 3 rings (SSSR count). The Morgan fingerprint density at radius 1 is 0.889 bits per heavy atom. The predicted molar refractivity (Wildman–Crippen MR) is 110 cm³/mol. The fourth-order valence-corrected chi connectivity index (χ4v) is 2.83. The number of rotatable bonds is 3. The lowest BCUT2D eigenvalue weighted by atomic mass is 9.96. The van der Waals surface area contributed by atoms with Crippen LogP contribution in [0.1, 0.15) is 27.0 Å². The van der Waals surface area contributed by atoms with E-state index >= 15 is 0 Å². The molecule has 2 nitrogen and oxygen atoms in total. The van der Waals surface area contributed by atoms with Crippen molar-refractivity contribution in [1.82, 2.24) is 0 Å². The zero-order chi connectivity index (χ0) is 19.1. The topological polar surface area (TPSA) is 26.3 Å². The van der Waals surface area contributed by atoms with Gasteiger partial charge in [0.25, 0.3) is 0 Å². The highest BCUT2D eigenvalue weighted by Crippen LogP contribution is 2.27. The van der Waals surface area contributed by atoms with Crippen LogP contribution in [0.25, 0.3) is 17.2 Å². The third-order valence-electron chi connectivity index (χ3n) is 4.26. The molecule has 0 aromatic heterocycles. The number of hydrogen-bond donors (Lipinski definition) is 0. The molecule has 0 unspecified atom stereocenters. The Morgan fingerprint density at radius 2 is 1.56 bits per heavy atom. The molecule has 0 radical (unpaired) electrons. The van der Waals surface area contributed by atoms with Crippen LogP contribution in [-0.2, 0) is 4.74 Å². The minimum atomic E-state index is -0.345. The van der Waals surface area contributed by atoms with Gasteiger partial charge in [-0.05, 0) is 65.6 Å². The Labute approximate surface area is 160 Å². The first-order valence-corrected chi connectivity index (χ1v) is 8.70. The molecule has 0 aliphatic carbocycles. The second kappa shape index (κ2) is 8.69. The van der Waals surface area contributed by atoms with Gasteiger partial charge in [0.15, 0.2) is 0 Å². The number of aryl methyl sites for hydroxylation is 1. The van der Waals surface area contributed by atoms with E-state index in [4.69, 9.17) is 4.74 Å². The summed E-state index contributed by atoms with van der Waals surface area (Å²) in [5.74, 6) is 5.79. The number of benzene rings is 3. The van der Waals surface area contributed by atoms with Gasteiger partial charge < -0.3 is 4.74 Å². The molecule has 0 saturated heterocycles. The summed E-state index contributed by atoms with van der Waals surface area (Å²) in [6, 6.07) is 23.7. The Morgan fingerprint density at radius 3 is 2.26 bits per heavy atom. The molecule has 27 heavy (non-hydrogen) atoms. The summed E-state index contributed by atoms with van der Waals surface area (Å²) >= 11 is 0. The van der Waals surface area contributed by atoms with Crippen molar-refractivity contribution in [3.8, 4) is 23.0 Å². The van der Waals surface area contributed by atoms with Crippen molar-refractivity contribution >= 4 is 12.0 Å². The highest BCUT2D eigenvalue weighted by atomic mass is 16.5. The second-order valence-corrected chi connectivity index (χ2v) is 6.07. The molecule has 0 fully saturated rings. The fourth-order valence-electron chi connectivity index (χ4n) is 2.83. The maximum atomic E-state index is 11.4. The van der Waals surface area contributed by atoms with E-state index in [1.54, 1.807) is 12.1 Å². The van der Waals surface area contributed by atoms with Crippen molar-refractivity contribution in [3.05, 3.63) is 101 Å². The molecule has 0 amide bonds. The summed E-state index contributed by atoms with van der Waals surface area (Å²) in [7, 11) is 1.37. The number of allylic oxidation sites excluding steroid dienone is 1. The van der Waals surface area contributed by atoms with E-state index in [1.807, 2.05) is 42.5 Å². The summed E-state index contributed by atoms with van der Waals surface area (Å²) in [4.78, 5) is 11.4. The highest BCUT2D eigenvalue weighted by molar-refractivity contribution is 5.89.